The molecule has 1 aliphatic rings. The van der Waals surface area contributed by atoms with Gasteiger partial charge < -0.3 is 4.90 Å². The lowest BCUT2D eigenvalue weighted by Gasteiger charge is -2.24. The lowest BCUT2D eigenvalue weighted by Crippen LogP contribution is -2.39. The van der Waals surface area contributed by atoms with Crippen molar-refractivity contribution in [3.05, 3.63) is 30.3 Å². The average molecular weight is 383 g/mol. The maximum Gasteiger partial charge on any atom is 0.505 e. The molecule has 4 nitrogen and oxygen atoms in total. The van der Waals surface area contributed by atoms with E-state index in [1.807, 2.05) is 0 Å². The van der Waals surface area contributed by atoms with Crippen LogP contribution in [0.4, 0.5) is 32.0 Å². The summed E-state index contributed by atoms with van der Waals surface area (Å²) in [7, 11) is -1.79. The number of halogens is 6. The highest BCUT2D eigenvalue weighted by Gasteiger charge is 2.46. The molecule has 11 heteroatoms. The smallest absolute Gasteiger partial charge is 0.305 e. The molecular weight excluding hydrogens is 372 g/mol. The van der Waals surface area contributed by atoms with Crippen molar-refractivity contribution >= 4 is 38.7 Å². The standard InChI is InChI=1S/C14H11F6N3OS/c1-8(24)12-23(9-6-4-3-5-7-9)10(21-13(15,16)17)11(25(12)2)22-14(18,19)20/h3-7,12H,2H2,1H3. The molecule has 1 fully saturated rings. The Morgan fingerprint density at radius 2 is 1.60 bits per heavy atom. The summed E-state index contributed by atoms with van der Waals surface area (Å²) in [6, 6.07) is 7.22. The predicted octanol–water partition coefficient (Wildman–Crippen LogP) is 3.96. The molecule has 0 saturated carbocycles. The van der Waals surface area contributed by atoms with Gasteiger partial charge >= 0.3 is 12.6 Å². The van der Waals surface area contributed by atoms with Gasteiger partial charge in [-0.1, -0.05) is 24.1 Å². The molecule has 0 bridgehead atoms. The average Bonchev–Trinajstić information content (AvgIpc) is 2.70. The second kappa shape index (κ2) is 6.62. The third-order valence-electron chi connectivity index (χ3n) is 3.01. The highest BCUT2D eigenvalue weighted by Crippen LogP contribution is 2.40. The van der Waals surface area contributed by atoms with Gasteiger partial charge in [-0.05, 0) is 19.1 Å². The molecule has 0 radical (unpaired) electrons. The molecule has 1 aromatic carbocycles. The second-order valence-corrected chi connectivity index (χ2v) is 6.58. The van der Waals surface area contributed by atoms with Crippen molar-refractivity contribution in [1.29, 1.82) is 0 Å². The van der Waals surface area contributed by atoms with Crippen LogP contribution in [0.15, 0.2) is 40.3 Å². The molecular formula is C14H11F6N3OS. The number of Topliss-reactive ketones (excluding diaryl/α,β-unsaturated/α-hetero) is 1. The zero-order valence-electron chi connectivity index (χ0n) is 12.6. The van der Waals surface area contributed by atoms with Crippen LogP contribution in [-0.2, 0) is 4.79 Å². The summed E-state index contributed by atoms with van der Waals surface area (Å²) >= 11 is 0. The van der Waals surface area contributed by atoms with Crippen molar-refractivity contribution in [1.82, 2.24) is 0 Å². The number of carbonyl (C=O) groups is 1. The maximum absolute atomic E-state index is 12.8. The Bertz CT molecular complexity index is 754. The molecule has 0 aliphatic carbocycles. The minimum Gasteiger partial charge on any atom is -0.305 e. The van der Waals surface area contributed by atoms with Crippen LogP contribution in [0, 0.1) is 0 Å². The number of amidine groups is 1. The summed E-state index contributed by atoms with van der Waals surface area (Å²) < 4.78 is 76.5. The summed E-state index contributed by atoms with van der Waals surface area (Å²) in [6.07, 6.45) is -10.3. The largest absolute Gasteiger partial charge is 0.505 e. The number of rotatable bonds is 2. The molecule has 2 atom stereocenters. The summed E-state index contributed by atoms with van der Waals surface area (Å²) in [5.41, 5.74) is 0.0826. The summed E-state index contributed by atoms with van der Waals surface area (Å²) in [4.78, 5) is 17.6. The van der Waals surface area contributed by atoms with Crippen LogP contribution in [0.25, 0.3) is 0 Å². The number of para-hydroxylation sites is 1. The Morgan fingerprint density at radius 1 is 1.08 bits per heavy atom. The quantitative estimate of drug-likeness (QED) is 0.441. The number of aliphatic imine (C=N–C) groups is 2. The van der Waals surface area contributed by atoms with Crippen molar-refractivity contribution in [3.63, 3.8) is 0 Å². The van der Waals surface area contributed by atoms with Gasteiger partial charge in [0.2, 0.25) is 0 Å². The van der Waals surface area contributed by atoms with Crippen molar-refractivity contribution in [2.24, 2.45) is 9.98 Å². The van der Waals surface area contributed by atoms with Crippen LogP contribution in [0.5, 0.6) is 0 Å². The van der Waals surface area contributed by atoms with Crippen LogP contribution >= 0.6 is 10.5 Å². The zero-order valence-corrected chi connectivity index (χ0v) is 13.4. The number of anilines is 1. The number of hydrogen-bond acceptors (Lipinski definition) is 3. The van der Waals surface area contributed by atoms with Crippen LogP contribution in [0.2, 0.25) is 0 Å². The monoisotopic (exact) mass is 383 g/mol. The SMILES string of the molecule is C=S1C(=NC(F)(F)F)C(=NC(F)(F)F)N(c2ccccc2)C1C(C)=O. The Labute approximate surface area is 140 Å². The van der Waals surface area contributed by atoms with E-state index in [1.165, 1.54) is 24.3 Å². The third-order valence-corrected chi connectivity index (χ3v) is 4.87. The van der Waals surface area contributed by atoms with E-state index in [1.54, 1.807) is 6.07 Å². The maximum atomic E-state index is 12.8. The molecule has 1 aliphatic heterocycles. The van der Waals surface area contributed by atoms with Gasteiger partial charge in [-0.15, -0.1) is 36.8 Å². The van der Waals surface area contributed by atoms with Crippen molar-refractivity contribution in [2.45, 2.75) is 24.9 Å². The van der Waals surface area contributed by atoms with E-state index >= 15 is 0 Å². The number of alkyl halides is 6. The predicted molar refractivity (Wildman–Crippen MR) is 85.1 cm³/mol. The topological polar surface area (TPSA) is 45.0 Å². The van der Waals surface area contributed by atoms with Crippen molar-refractivity contribution in [3.8, 4) is 0 Å². The molecule has 136 valence electrons. The minimum atomic E-state index is -5.15. The first-order valence-electron chi connectivity index (χ1n) is 6.62. The summed E-state index contributed by atoms with van der Waals surface area (Å²) in [6.45, 7) is 1.06. The fraction of sp³-hybridized carbons (Fsp3) is 0.286. The van der Waals surface area contributed by atoms with E-state index in [9.17, 15) is 31.1 Å². The molecule has 2 rings (SSSR count). The first-order chi connectivity index (χ1) is 11.4. The Hall–Kier alpha value is -2.17. The molecule has 1 aromatic rings. The first-order valence-corrected chi connectivity index (χ1v) is 8.07. The molecule has 0 amide bonds. The minimum absolute atomic E-state index is 0.0826. The van der Waals surface area contributed by atoms with Gasteiger partial charge in [0.1, 0.15) is 10.4 Å². The van der Waals surface area contributed by atoms with Gasteiger partial charge in [-0.2, -0.15) is 9.98 Å². The normalized spacial score (nSPS) is 25.0. The zero-order chi connectivity index (χ0) is 19.0. The van der Waals surface area contributed by atoms with Gasteiger partial charge in [0, 0.05) is 5.69 Å². The number of ketones is 1. The molecule has 0 spiro atoms. The number of carbonyl (C=O) groups excluding carboxylic acids is 1. The number of nitrogens with zero attached hydrogens (tertiary/aromatic N) is 3. The van der Waals surface area contributed by atoms with E-state index in [0.717, 1.165) is 11.8 Å². The highest BCUT2D eigenvalue weighted by molar-refractivity contribution is 8.30. The van der Waals surface area contributed by atoms with E-state index in [0.29, 0.717) is 0 Å². The highest BCUT2D eigenvalue weighted by atomic mass is 32.2. The van der Waals surface area contributed by atoms with Gasteiger partial charge in [0.15, 0.2) is 11.6 Å². The van der Waals surface area contributed by atoms with Crippen LogP contribution in [0.1, 0.15) is 6.92 Å². The molecule has 0 N–H and O–H groups in total. The van der Waals surface area contributed by atoms with E-state index < -0.39 is 45.1 Å². The van der Waals surface area contributed by atoms with Crippen LogP contribution in [-0.4, -0.2) is 40.5 Å². The lowest BCUT2D eigenvalue weighted by molar-refractivity contribution is -0.121. The fourth-order valence-corrected chi connectivity index (χ4v) is 3.93. The summed E-state index contributed by atoms with van der Waals surface area (Å²) in [5.74, 6) is 1.72. The van der Waals surface area contributed by atoms with E-state index in [2.05, 4.69) is 15.9 Å². The first kappa shape index (κ1) is 19.2. The van der Waals surface area contributed by atoms with Gasteiger partial charge in [-0.3, -0.25) is 4.79 Å². The molecule has 0 aromatic heterocycles. The molecule has 2 unspecified atom stereocenters. The fourth-order valence-electron chi connectivity index (χ4n) is 2.24. The lowest BCUT2D eigenvalue weighted by atomic mass is 10.2. The van der Waals surface area contributed by atoms with Crippen molar-refractivity contribution in [2.75, 3.05) is 4.90 Å². The van der Waals surface area contributed by atoms with Crippen LogP contribution in [0.3, 0.4) is 0 Å². The Kier molecular flexibility index (Phi) is 5.07. The molecule has 25 heavy (non-hydrogen) atoms. The second-order valence-electron chi connectivity index (χ2n) is 4.89. The van der Waals surface area contributed by atoms with Crippen molar-refractivity contribution < 1.29 is 31.1 Å². The number of hydrogen-bond donors (Lipinski definition) is 0. The number of benzene rings is 1. The van der Waals surface area contributed by atoms with Gasteiger partial charge in [0.05, 0.1) is 0 Å². The molecule has 1 saturated heterocycles. The van der Waals surface area contributed by atoms with Gasteiger partial charge in [0.25, 0.3) is 0 Å². The van der Waals surface area contributed by atoms with Crippen LogP contribution < -0.4 is 4.90 Å². The Balaban J connectivity index is 2.75. The van der Waals surface area contributed by atoms with E-state index in [4.69, 9.17) is 0 Å². The molecule has 1 heterocycles. The Morgan fingerprint density at radius 3 is 2.04 bits per heavy atom. The van der Waals surface area contributed by atoms with E-state index in [-0.39, 0.29) is 5.69 Å². The third kappa shape index (κ3) is 4.47. The van der Waals surface area contributed by atoms with Gasteiger partial charge in [-0.25, -0.2) is 0 Å². The summed E-state index contributed by atoms with van der Waals surface area (Å²) in [5, 5.41) is -2.36.